The van der Waals surface area contributed by atoms with Gasteiger partial charge in [-0.15, -0.1) is 0 Å². The average molecular weight is 376 g/mol. The van der Waals surface area contributed by atoms with Crippen molar-refractivity contribution in [1.29, 1.82) is 0 Å². The number of amides is 1. The molecule has 0 aromatic heterocycles. The van der Waals surface area contributed by atoms with E-state index in [9.17, 15) is 9.90 Å². The summed E-state index contributed by atoms with van der Waals surface area (Å²) < 4.78 is 5.98. The van der Waals surface area contributed by atoms with Crippen LogP contribution in [0.2, 0.25) is 0 Å². The molecule has 2 N–H and O–H groups in total. The second-order valence-electron chi connectivity index (χ2n) is 4.85. The smallest absolute Gasteiger partial charge is 0.407 e. The van der Waals surface area contributed by atoms with Crippen LogP contribution in [0.4, 0.5) is 4.79 Å². The van der Waals surface area contributed by atoms with Crippen molar-refractivity contribution in [2.75, 3.05) is 6.54 Å². The second kappa shape index (κ2) is 9.12. The first kappa shape index (κ1) is 17.2. The van der Waals surface area contributed by atoms with Gasteiger partial charge in [-0.1, -0.05) is 64.5 Å². The monoisotopic (exact) mass is 375 g/mol. The van der Waals surface area contributed by atoms with Crippen molar-refractivity contribution in [3.05, 3.63) is 75.8 Å². The number of halogens is 1. The highest BCUT2D eigenvalue weighted by atomic mass is 79.9. The first-order chi connectivity index (χ1) is 11.2. The van der Waals surface area contributed by atoms with Gasteiger partial charge in [0.05, 0.1) is 6.61 Å². The highest BCUT2D eigenvalue weighted by Crippen LogP contribution is 2.18. The van der Waals surface area contributed by atoms with Crippen LogP contribution in [-0.2, 0) is 18.0 Å². The Kier molecular flexibility index (Phi) is 6.84. The van der Waals surface area contributed by atoms with Gasteiger partial charge in [-0.3, -0.25) is 0 Å². The van der Waals surface area contributed by atoms with Crippen molar-refractivity contribution in [1.82, 2.24) is 5.32 Å². The fraction of sp³-hybridized carbons (Fsp3) is 0.167. The van der Waals surface area contributed by atoms with Crippen LogP contribution in [0, 0.1) is 0 Å². The number of rotatable bonds is 6. The van der Waals surface area contributed by atoms with E-state index >= 15 is 0 Å². The van der Waals surface area contributed by atoms with Gasteiger partial charge in [0.1, 0.15) is 6.61 Å². The minimum atomic E-state index is -0.453. The number of nitrogens with one attached hydrogen (secondary N) is 1. The van der Waals surface area contributed by atoms with E-state index in [1.807, 2.05) is 60.7 Å². The Morgan fingerprint density at radius 3 is 2.74 bits per heavy atom. The summed E-state index contributed by atoms with van der Waals surface area (Å²) in [7, 11) is 0. The topological polar surface area (TPSA) is 58.6 Å². The number of ether oxygens (including phenoxy) is 1. The van der Waals surface area contributed by atoms with Gasteiger partial charge in [0.15, 0.2) is 0 Å². The van der Waals surface area contributed by atoms with Crippen LogP contribution in [0.3, 0.4) is 0 Å². The largest absolute Gasteiger partial charge is 0.445 e. The summed E-state index contributed by atoms with van der Waals surface area (Å²) in [6.07, 6.45) is 3.25. The molecule has 0 bridgehead atoms. The molecule has 0 aliphatic rings. The number of hydrogen-bond acceptors (Lipinski definition) is 3. The van der Waals surface area contributed by atoms with Gasteiger partial charge in [0.25, 0.3) is 0 Å². The zero-order valence-corrected chi connectivity index (χ0v) is 14.1. The molecule has 2 rings (SSSR count). The van der Waals surface area contributed by atoms with Crippen LogP contribution in [-0.4, -0.2) is 17.7 Å². The lowest BCUT2D eigenvalue weighted by molar-refractivity contribution is 0.141. The minimum Gasteiger partial charge on any atom is -0.445 e. The van der Waals surface area contributed by atoms with E-state index in [-0.39, 0.29) is 13.2 Å². The van der Waals surface area contributed by atoms with Crippen LogP contribution < -0.4 is 5.32 Å². The lowest BCUT2D eigenvalue weighted by Gasteiger charge is -2.05. The third-order valence-corrected chi connectivity index (χ3v) is 3.90. The molecule has 120 valence electrons. The number of aliphatic hydroxyl groups is 1. The molecule has 2 aromatic carbocycles. The molecule has 1 amide bonds. The molecular weight excluding hydrogens is 358 g/mol. The zero-order chi connectivity index (χ0) is 16.5. The molecule has 0 radical (unpaired) electrons. The van der Waals surface area contributed by atoms with E-state index < -0.39 is 6.09 Å². The molecule has 0 heterocycles. The highest BCUT2D eigenvalue weighted by Gasteiger charge is 2.01. The fourth-order valence-corrected chi connectivity index (χ4v) is 2.30. The van der Waals surface area contributed by atoms with Gasteiger partial charge < -0.3 is 15.2 Å². The van der Waals surface area contributed by atoms with E-state index in [1.165, 1.54) is 0 Å². The Bertz CT molecular complexity index is 671. The summed E-state index contributed by atoms with van der Waals surface area (Å²) in [5, 5.41) is 11.9. The molecule has 0 aliphatic carbocycles. The van der Waals surface area contributed by atoms with E-state index in [0.29, 0.717) is 6.54 Å². The van der Waals surface area contributed by atoms with Crippen molar-refractivity contribution < 1.29 is 14.6 Å². The Morgan fingerprint density at radius 2 is 2.00 bits per heavy atom. The number of carbonyl (C=O) groups excluding carboxylic acids is 1. The molecule has 0 saturated carbocycles. The van der Waals surface area contributed by atoms with E-state index in [1.54, 1.807) is 0 Å². The number of hydrogen-bond donors (Lipinski definition) is 2. The molecule has 0 saturated heterocycles. The Balaban J connectivity index is 1.74. The maximum Gasteiger partial charge on any atom is 0.407 e. The summed E-state index contributed by atoms with van der Waals surface area (Å²) in [5.74, 6) is 0. The molecule has 2 aromatic rings. The van der Waals surface area contributed by atoms with Gasteiger partial charge in [-0.05, 0) is 28.8 Å². The lowest BCUT2D eigenvalue weighted by Crippen LogP contribution is -2.24. The summed E-state index contributed by atoms with van der Waals surface area (Å²) in [4.78, 5) is 11.6. The maximum absolute atomic E-state index is 11.6. The first-order valence-electron chi connectivity index (χ1n) is 7.19. The molecule has 23 heavy (non-hydrogen) atoms. The van der Waals surface area contributed by atoms with Crippen LogP contribution in [0.25, 0.3) is 6.08 Å². The predicted octanol–water partition coefficient (Wildman–Crippen LogP) is 3.88. The van der Waals surface area contributed by atoms with Crippen LogP contribution in [0.5, 0.6) is 0 Å². The molecule has 0 unspecified atom stereocenters. The number of benzene rings is 2. The van der Waals surface area contributed by atoms with Crippen LogP contribution in [0.15, 0.2) is 59.1 Å². The van der Waals surface area contributed by atoms with Gasteiger partial charge in [-0.2, -0.15) is 0 Å². The zero-order valence-electron chi connectivity index (χ0n) is 12.5. The summed E-state index contributed by atoms with van der Waals surface area (Å²) in [5.41, 5.74) is 2.73. The molecule has 0 fully saturated rings. The summed E-state index contributed by atoms with van der Waals surface area (Å²) >= 11 is 3.37. The molecule has 0 aliphatic heterocycles. The minimum absolute atomic E-state index is 0.0215. The van der Waals surface area contributed by atoms with Crippen molar-refractivity contribution >= 4 is 28.1 Å². The predicted molar refractivity (Wildman–Crippen MR) is 93.7 cm³/mol. The first-order valence-corrected chi connectivity index (χ1v) is 7.98. The van der Waals surface area contributed by atoms with Crippen LogP contribution >= 0.6 is 15.9 Å². The van der Waals surface area contributed by atoms with Gasteiger partial charge >= 0.3 is 6.09 Å². The Labute approximate surface area is 143 Å². The average Bonchev–Trinajstić information content (AvgIpc) is 2.59. The standard InChI is InChI=1S/C18H18BrNO3/c19-17-9-8-14(11-16(17)12-21)7-4-10-20-18(22)23-13-15-5-2-1-3-6-15/h1-9,11,21H,10,12-13H2,(H,20,22). The lowest BCUT2D eigenvalue weighted by atomic mass is 10.1. The van der Waals surface area contributed by atoms with Crippen molar-refractivity contribution in [2.24, 2.45) is 0 Å². The quantitative estimate of drug-likeness (QED) is 0.805. The third kappa shape index (κ3) is 5.88. The molecular formula is C18H18BrNO3. The molecule has 5 heteroatoms. The van der Waals surface area contributed by atoms with E-state index in [2.05, 4.69) is 21.2 Å². The second-order valence-corrected chi connectivity index (χ2v) is 5.71. The normalized spacial score (nSPS) is 10.7. The number of alkyl carbamates (subject to hydrolysis) is 1. The molecule has 0 atom stereocenters. The van der Waals surface area contributed by atoms with E-state index in [4.69, 9.17) is 4.74 Å². The van der Waals surface area contributed by atoms with Crippen molar-refractivity contribution in [2.45, 2.75) is 13.2 Å². The Hall–Kier alpha value is -2.11. The number of aliphatic hydroxyl groups excluding tert-OH is 1. The van der Waals surface area contributed by atoms with Crippen molar-refractivity contribution in [3.63, 3.8) is 0 Å². The van der Waals surface area contributed by atoms with Gasteiger partial charge in [0, 0.05) is 11.0 Å². The van der Waals surface area contributed by atoms with Crippen LogP contribution in [0.1, 0.15) is 16.7 Å². The van der Waals surface area contributed by atoms with Crippen molar-refractivity contribution in [3.8, 4) is 0 Å². The SMILES string of the molecule is O=C(NCC=Cc1ccc(Br)c(CO)c1)OCc1ccccc1. The number of carbonyl (C=O) groups is 1. The van der Waals surface area contributed by atoms with E-state index in [0.717, 1.165) is 21.2 Å². The van der Waals surface area contributed by atoms with Gasteiger partial charge in [0.2, 0.25) is 0 Å². The Morgan fingerprint density at radius 1 is 1.22 bits per heavy atom. The summed E-state index contributed by atoms with van der Waals surface area (Å²) in [6, 6.07) is 15.2. The molecule has 0 spiro atoms. The van der Waals surface area contributed by atoms with Gasteiger partial charge in [-0.25, -0.2) is 4.79 Å². The molecule has 4 nitrogen and oxygen atoms in total. The summed E-state index contributed by atoms with van der Waals surface area (Å²) in [6.45, 7) is 0.605. The highest BCUT2D eigenvalue weighted by molar-refractivity contribution is 9.10. The fourth-order valence-electron chi connectivity index (χ4n) is 1.93. The maximum atomic E-state index is 11.6. The third-order valence-electron chi connectivity index (χ3n) is 3.13.